The molecule has 0 amide bonds. The molecule has 0 radical (unpaired) electrons. The van der Waals surface area contributed by atoms with E-state index in [9.17, 15) is 30.3 Å². The average molecular weight is 250 g/mol. The third-order valence-electron chi connectivity index (χ3n) is 2.36. The Bertz CT molecular complexity index is 276. The number of carbonyl (C=O) groups is 1. The van der Waals surface area contributed by atoms with Crippen LogP contribution < -0.4 is 0 Å². The highest BCUT2D eigenvalue weighted by atomic mass is 16.5. The summed E-state index contributed by atoms with van der Waals surface area (Å²) in [5, 5.41) is 55.9. The number of hydrogen-bond donors (Lipinski definition) is 6. The molecule has 0 aliphatic rings. The summed E-state index contributed by atoms with van der Waals surface area (Å²) in [5.74, 6) is -3.28. The predicted octanol–water partition coefficient (Wildman–Crippen LogP) is -2.72. The van der Waals surface area contributed by atoms with E-state index in [0.717, 1.165) is 6.08 Å². The predicted molar refractivity (Wildman–Crippen MR) is 56.7 cm³/mol. The molecular formula is C10H18O7. The van der Waals surface area contributed by atoms with Crippen LogP contribution in [0.25, 0.3) is 0 Å². The standard InChI is InChI=1S/C10H18O7/c1-2-3-4-9(15,10(16,17)6-12)8(14)7(13)5-11/h3-4,6-8,11,13-17H,2,5H2,1H3. The third kappa shape index (κ3) is 3.32. The Morgan fingerprint density at radius 2 is 1.76 bits per heavy atom. The van der Waals surface area contributed by atoms with Crippen molar-refractivity contribution >= 4 is 6.29 Å². The number of aliphatic hydroxyl groups is 6. The lowest BCUT2D eigenvalue weighted by Crippen LogP contribution is -2.64. The van der Waals surface area contributed by atoms with Crippen molar-refractivity contribution in [2.45, 2.75) is 36.9 Å². The van der Waals surface area contributed by atoms with Gasteiger partial charge in [0.1, 0.15) is 12.2 Å². The summed E-state index contributed by atoms with van der Waals surface area (Å²) in [7, 11) is 0. The highest BCUT2D eigenvalue weighted by molar-refractivity contribution is 5.63. The summed E-state index contributed by atoms with van der Waals surface area (Å²) >= 11 is 0. The Labute approximate surface area is 98.3 Å². The smallest absolute Gasteiger partial charge is 0.257 e. The van der Waals surface area contributed by atoms with Gasteiger partial charge in [-0.15, -0.1) is 0 Å². The van der Waals surface area contributed by atoms with E-state index in [1.165, 1.54) is 6.08 Å². The van der Waals surface area contributed by atoms with Gasteiger partial charge in [-0.1, -0.05) is 13.0 Å². The summed E-state index contributed by atoms with van der Waals surface area (Å²) in [6, 6.07) is 0. The summed E-state index contributed by atoms with van der Waals surface area (Å²) < 4.78 is 0. The lowest BCUT2D eigenvalue weighted by atomic mass is 9.84. The molecule has 0 aromatic rings. The first-order valence-electron chi connectivity index (χ1n) is 5.05. The number of hydrogen-bond acceptors (Lipinski definition) is 7. The molecule has 100 valence electrons. The molecule has 0 saturated carbocycles. The molecule has 0 heterocycles. The number of rotatable bonds is 7. The molecule has 0 aromatic carbocycles. The number of carbonyl (C=O) groups excluding carboxylic acids is 1. The summed E-state index contributed by atoms with van der Waals surface area (Å²) in [4.78, 5) is 10.5. The molecule has 17 heavy (non-hydrogen) atoms. The van der Waals surface area contributed by atoms with Crippen LogP contribution in [-0.2, 0) is 4.79 Å². The first-order valence-corrected chi connectivity index (χ1v) is 5.05. The van der Waals surface area contributed by atoms with Crippen LogP contribution in [0.3, 0.4) is 0 Å². The van der Waals surface area contributed by atoms with Gasteiger partial charge in [0.25, 0.3) is 5.79 Å². The quantitative estimate of drug-likeness (QED) is 0.164. The van der Waals surface area contributed by atoms with Crippen molar-refractivity contribution < 1.29 is 35.4 Å². The lowest BCUT2D eigenvalue weighted by Gasteiger charge is -2.38. The van der Waals surface area contributed by atoms with E-state index >= 15 is 0 Å². The molecule has 0 rings (SSSR count). The first-order chi connectivity index (χ1) is 7.76. The van der Waals surface area contributed by atoms with Gasteiger partial charge < -0.3 is 30.6 Å². The fourth-order valence-corrected chi connectivity index (χ4v) is 1.22. The Hall–Kier alpha value is -0.830. The van der Waals surface area contributed by atoms with Gasteiger partial charge in [-0.05, 0) is 12.5 Å². The van der Waals surface area contributed by atoms with Gasteiger partial charge in [-0.25, -0.2) is 0 Å². The average Bonchev–Trinajstić information content (AvgIpc) is 2.33. The molecule has 7 heteroatoms. The zero-order valence-electron chi connectivity index (χ0n) is 9.39. The van der Waals surface area contributed by atoms with Crippen LogP contribution >= 0.6 is 0 Å². The summed E-state index contributed by atoms with van der Waals surface area (Å²) in [5.41, 5.74) is -2.81. The SMILES string of the molecule is CCC=CC(O)(C(O)C(O)CO)C(O)(O)C=O. The molecule has 0 aliphatic carbocycles. The molecule has 6 N–H and O–H groups in total. The lowest BCUT2D eigenvalue weighted by molar-refractivity contribution is -0.270. The minimum atomic E-state index is -3.28. The Morgan fingerprint density at radius 1 is 1.24 bits per heavy atom. The van der Waals surface area contributed by atoms with Gasteiger partial charge in [0, 0.05) is 0 Å². The molecule has 0 aliphatic heterocycles. The van der Waals surface area contributed by atoms with E-state index in [2.05, 4.69) is 0 Å². The van der Waals surface area contributed by atoms with Crippen LogP contribution in [0.15, 0.2) is 12.2 Å². The third-order valence-corrected chi connectivity index (χ3v) is 2.36. The van der Waals surface area contributed by atoms with Crippen molar-refractivity contribution in [1.82, 2.24) is 0 Å². The number of allylic oxidation sites excluding steroid dienone is 1. The van der Waals surface area contributed by atoms with Gasteiger partial charge in [0.05, 0.1) is 6.61 Å². The van der Waals surface area contributed by atoms with Crippen LogP contribution in [0.5, 0.6) is 0 Å². The number of aldehydes is 1. The van der Waals surface area contributed by atoms with Crippen LogP contribution in [0.4, 0.5) is 0 Å². The fourth-order valence-electron chi connectivity index (χ4n) is 1.22. The molecule has 3 unspecified atom stereocenters. The Kier molecular flexibility index (Phi) is 5.89. The fraction of sp³-hybridized carbons (Fsp3) is 0.700. The van der Waals surface area contributed by atoms with E-state index in [0.29, 0.717) is 6.42 Å². The largest absolute Gasteiger partial charge is 0.394 e. The minimum Gasteiger partial charge on any atom is -0.394 e. The van der Waals surface area contributed by atoms with Crippen molar-refractivity contribution in [1.29, 1.82) is 0 Å². The highest BCUT2D eigenvalue weighted by Crippen LogP contribution is 2.26. The topological polar surface area (TPSA) is 138 Å². The van der Waals surface area contributed by atoms with Gasteiger partial charge >= 0.3 is 0 Å². The molecular weight excluding hydrogens is 232 g/mol. The van der Waals surface area contributed by atoms with E-state index in [-0.39, 0.29) is 6.29 Å². The maximum absolute atomic E-state index is 10.5. The molecule has 0 fully saturated rings. The maximum Gasteiger partial charge on any atom is 0.257 e. The number of aliphatic hydroxyl groups excluding tert-OH is 3. The van der Waals surface area contributed by atoms with Crippen molar-refractivity contribution in [2.75, 3.05) is 6.61 Å². The zero-order valence-corrected chi connectivity index (χ0v) is 9.39. The molecule has 0 bridgehead atoms. The van der Waals surface area contributed by atoms with Crippen LogP contribution in [0.1, 0.15) is 13.3 Å². The van der Waals surface area contributed by atoms with E-state index in [1.807, 2.05) is 0 Å². The normalized spacial score (nSPS) is 19.9. The molecule has 3 atom stereocenters. The summed E-state index contributed by atoms with van der Waals surface area (Å²) in [6.07, 6.45) is -1.89. The Morgan fingerprint density at radius 3 is 2.12 bits per heavy atom. The van der Waals surface area contributed by atoms with Crippen LogP contribution in [0, 0.1) is 0 Å². The molecule has 0 spiro atoms. The molecule has 0 aromatic heterocycles. The van der Waals surface area contributed by atoms with Gasteiger partial charge in [-0.2, -0.15) is 0 Å². The first kappa shape index (κ1) is 16.2. The second kappa shape index (κ2) is 6.20. The van der Waals surface area contributed by atoms with Crippen molar-refractivity contribution in [3.8, 4) is 0 Å². The zero-order chi connectivity index (χ0) is 13.7. The highest BCUT2D eigenvalue weighted by Gasteiger charge is 2.54. The maximum atomic E-state index is 10.5. The molecule has 7 nitrogen and oxygen atoms in total. The van der Waals surface area contributed by atoms with E-state index < -0.39 is 30.2 Å². The Balaban J connectivity index is 5.38. The van der Waals surface area contributed by atoms with Crippen molar-refractivity contribution in [3.05, 3.63) is 12.2 Å². The van der Waals surface area contributed by atoms with Crippen molar-refractivity contribution in [3.63, 3.8) is 0 Å². The van der Waals surface area contributed by atoms with Crippen molar-refractivity contribution in [2.24, 2.45) is 0 Å². The monoisotopic (exact) mass is 250 g/mol. The van der Waals surface area contributed by atoms with Gasteiger partial charge in [0.15, 0.2) is 11.9 Å². The van der Waals surface area contributed by atoms with E-state index in [4.69, 9.17) is 5.11 Å². The van der Waals surface area contributed by atoms with Gasteiger partial charge in [0.2, 0.25) is 0 Å². The van der Waals surface area contributed by atoms with E-state index in [1.54, 1.807) is 6.92 Å². The van der Waals surface area contributed by atoms with Crippen LogP contribution in [-0.4, -0.2) is 67.1 Å². The van der Waals surface area contributed by atoms with Gasteiger partial charge in [-0.3, -0.25) is 4.79 Å². The second-order valence-corrected chi connectivity index (χ2v) is 3.67. The van der Waals surface area contributed by atoms with Crippen LogP contribution in [0.2, 0.25) is 0 Å². The minimum absolute atomic E-state index is 0.375. The molecule has 0 saturated heterocycles. The summed E-state index contributed by atoms with van der Waals surface area (Å²) in [6.45, 7) is 0.751. The second-order valence-electron chi connectivity index (χ2n) is 3.67.